The van der Waals surface area contributed by atoms with Crippen LogP contribution in [0.25, 0.3) is 0 Å². The number of benzene rings is 1. The van der Waals surface area contributed by atoms with E-state index < -0.39 is 0 Å². The molecule has 6 heteroatoms. The number of piperidine rings is 1. The molecule has 26 heavy (non-hydrogen) atoms. The zero-order valence-corrected chi connectivity index (χ0v) is 15.5. The minimum atomic E-state index is 0.0717. The summed E-state index contributed by atoms with van der Waals surface area (Å²) < 4.78 is 5.69. The second kappa shape index (κ2) is 6.59. The molecule has 4 heterocycles. The molecular formula is C20H24N4O2. The molecule has 2 atom stereocenters. The summed E-state index contributed by atoms with van der Waals surface area (Å²) in [6.45, 7) is 7.66. The molecule has 3 aliphatic heterocycles. The molecule has 2 bridgehead atoms. The molecular weight excluding hydrogens is 328 g/mol. The lowest BCUT2D eigenvalue weighted by Gasteiger charge is -2.56. The molecule has 0 radical (unpaired) electrons. The van der Waals surface area contributed by atoms with Crippen molar-refractivity contribution in [3.05, 3.63) is 47.4 Å². The molecule has 0 N–H and O–H groups in total. The molecule has 1 amide bonds. The van der Waals surface area contributed by atoms with Gasteiger partial charge in [0, 0.05) is 24.8 Å². The Hall–Kier alpha value is -2.63. The van der Waals surface area contributed by atoms with Crippen molar-refractivity contribution in [1.29, 1.82) is 0 Å². The van der Waals surface area contributed by atoms with Crippen LogP contribution >= 0.6 is 0 Å². The molecule has 3 aliphatic rings. The van der Waals surface area contributed by atoms with Gasteiger partial charge < -0.3 is 14.5 Å². The number of nitrogens with zero attached hydrogens (tertiary/aromatic N) is 4. The number of fused-ring (bicyclic) bond motifs is 2. The zero-order chi connectivity index (χ0) is 18.3. The van der Waals surface area contributed by atoms with Crippen LogP contribution in [0.3, 0.4) is 0 Å². The van der Waals surface area contributed by atoms with Crippen LogP contribution in [0.1, 0.15) is 23.5 Å². The van der Waals surface area contributed by atoms with Crippen LogP contribution in [0.4, 0.5) is 5.82 Å². The first-order valence-electron chi connectivity index (χ1n) is 9.07. The molecule has 5 rings (SSSR count). The molecule has 0 saturated carbocycles. The number of hydrogen-bond donors (Lipinski definition) is 0. The summed E-state index contributed by atoms with van der Waals surface area (Å²) in [5.74, 6) is 2.58. The largest absolute Gasteiger partial charge is 0.484 e. The summed E-state index contributed by atoms with van der Waals surface area (Å²) in [6.07, 6.45) is 1.07. The highest BCUT2D eigenvalue weighted by Gasteiger charge is 2.47. The number of carbonyl (C=O) groups excluding carboxylic acids is 1. The van der Waals surface area contributed by atoms with Crippen molar-refractivity contribution in [1.82, 2.24) is 14.9 Å². The highest BCUT2D eigenvalue weighted by atomic mass is 16.5. The number of piperazine rings is 1. The number of ether oxygens (including phenoxy) is 1. The van der Waals surface area contributed by atoms with Crippen molar-refractivity contribution in [2.75, 3.05) is 24.6 Å². The first kappa shape index (κ1) is 16.8. The van der Waals surface area contributed by atoms with Crippen LogP contribution in [-0.2, 0) is 4.79 Å². The molecule has 2 aromatic rings. The Balaban J connectivity index is 1.37. The number of aryl methyl sites for hydroxylation is 3. The van der Waals surface area contributed by atoms with E-state index in [1.165, 1.54) is 0 Å². The predicted molar refractivity (Wildman–Crippen MR) is 99.4 cm³/mol. The number of hydrogen-bond acceptors (Lipinski definition) is 5. The second-order valence-corrected chi connectivity index (χ2v) is 7.27. The summed E-state index contributed by atoms with van der Waals surface area (Å²) in [5, 5.41) is 0. The first-order chi connectivity index (χ1) is 12.5. The zero-order valence-electron chi connectivity index (χ0n) is 15.5. The van der Waals surface area contributed by atoms with Gasteiger partial charge in [0.2, 0.25) is 0 Å². The molecule has 0 aliphatic carbocycles. The van der Waals surface area contributed by atoms with Crippen LogP contribution in [-0.4, -0.2) is 52.6 Å². The van der Waals surface area contributed by atoms with Gasteiger partial charge in [-0.2, -0.15) is 0 Å². The number of amides is 1. The van der Waals surface area contributed by atoms with Gasteiger partial charge in [0.25, 0.3) is 5.91 Å². The normalized spacial score (nSPS) is 21.3. The van der Waals surface area contributed by atoms with Crippen LogP contribution in [0.5, 0.6) is 5.75 Å². The van der Waals surface area contributed by atoms with E-state index in [4.69, 9.17) is 4.74 Å². The predicted octanol–water partition coefficient (Wildman–Crippen LogP) is 2.27. The Kier molecular flexibility index (Phi) is 4.26. The lowest BCUT2D eigenvalue weighted by atomic mass is 9.87. The van der Waals surface area contributed by atoms with Gasteiger partial charge in [-0.1, -0.05) is 12.1 Å². The van der Waals surface area contributed by atoms with Gasteiger partial charge in [-0.3, -0.25) is 4.79 Å². The highest BCUT2D eigenvalue weighted by Crippen LogP contribution is 2.34. The van der Waals surface area contributed by atoms with Crippen LogP contribution in [0, 0.1) is 20.8 Å². The van der Waals surface area contributed by atoms with Gasteiger partial charge in [0.1, 0.15) is 17.4 Å². The van der Waals surface area contributed by atoms with Gasteiger partial charge in [0.05, 0.1) is 12.1 Å². The van der Waals surface area contributed by atoms with E-state index in [0.717, 1.165) is 48.2 Å². The Bertz CT molecular complexity index is 806. The number of carbonyl (C=O) groups is 1. The summed E-state index contributed by atoms with van der Waals surface area (Å²) in [5.41, 5.74) is 2.10. The minimum absolute atomic E-state index is 0.0717. The van der Waals surface area contributed by atoms with E-state index in [1.807, 2.05) is 56.0 Å². The van der Waals surface area contributed by atoms with Crippen molar-refractivity contribution in [3.8, 4) is 5.75 Å². The fourth-order valence-corrected chi connectivity index (χ4v) is 3.99. The minimum Gasteiger partial charge on any atom is -0.484 e. The Morgan fingerprint density at radius 3 is 2.62 bits per heavy atom. The third-order valence-electron chi connectivity index (χ3n) is 5.11. The third-order valence-corrected chi connectivity index (χ3v) is 5.11. The first-order valence-corrected chi connectivity index (χ1v) is 9.07. The van der Waals surface area contributed by atoms with E-state index in [0.29, 0.717) is 0 Å². The van der Waals surface area contributed by atoms with Crippen molar-refractivity contribution in [3.63, 3.8) is 0 Å². The SMILES string of the molecule is Cc1cccc(OCC(=O)N2C3CC2CN(c2cc(C)nc(C)n2)C3)c1. The molecule has 136 valence electrons. The Morgan fingerprint density at radius 2 is 1.92 bits per heavy atom. The standard InChI is InChI=1S/C20H24N4O2/c1-13-5-4-6-18(7-13)26-12-20(25)24-16-9-17(24)11-23(10-16)19-8-14(2)21-15(3)22-19/h4-8,16-17H,9-12H2,1-3H3. The summed E-state index contributed by atoms with van der Waals surface area (Å²) in [6, 6.07) is 10.3. The average Bonchev–Trinajstić information content (AvgIpc) is 2.59. The van der Waals surface area contributed by atoms with E-state index in [1.54, 1.807) is 0 Å². The molecule has 1 aromatic carbocycles. The van der Waals surface area contributed by atoms with Crippen LogP contribution < -0.4 is 9.64 Å². The Labute approximate surface area is 153 Å². The smallest absolute Gasteiger partial charge is 0.261 e. The summed E-state index contributed by atoms with van der Waals surface area (Å²) >= 11 is 0. The maximum absolute atomic E-state index is 12.6. The molecule has 3 fully saturated rings. The van der Waals surface area contributed by atoms with E-state index in [9.17, 15) is 4.79 Å². The van der Waals surface area contributed by atoms with Gasteiger partial charge in [-0.15, -0.1) is 0 Å². The van der Waals surface area contributed by atoms with Gasteiger partial charge in [-0.05, 0) is 44.9 Å². The van der Waals surface area contributed by atoms with Crippen LogP contribution in [0.2, 0.25) is 0 Å². The molecule has 0 spiro atoms. The lowest BCUT2D eigenvalue weighted by Crippen LogP contribution is -2.71. The van der Waals surface area contributed by atoms with E-state index >= 15 is 0 Å². The van der Waals surface area contributed by atoms with Gasteiger partial charge >= 0.3 is 0 Å². The average molecular weight is 352 g/mol. The van der Waals surface area contributed by atoms with Crippen molar-refractivity contribution >= 4 is 11.7 Å². The summed E-state index contributed by atoms with van der Waals surface area (Å²) in [4.78, 5) is 25.8. The fourth-order valence-electron chi connectivity index (χ4n) is 3.99. The number of aromatic nitrogens is 2. The lowest BCUT2D eigenvalue weighted by molar-refractivity contribution is -0.148. The molecule has 2 unspecified atom stereocenters. The Morgan fingerprint density at radius 1 is 1.15 bits per heavy atom. The van der Waals surface area contributed by atoms with E-state index in [-0.39, 0.29) is 24.6 Å². The van der Waals surface area contributed by atoms with Crippen molar-refractivity contribution in [2.45, 2.75) is 39.3 Å². The summed E-state index contributed by atoms with van der Waals surface area (Å²) in [7, 11) is 0. The number of anilines is 1. The molecule has 3 saturated heterocycles. The second-order valence-electron chi connectivity index (χ2n) is 7.27. The fraction of sp³-hybridized carbons (Fsp3) is 0.450. The monoisotopic (exact) mass is 352 g/mol. The van der Waals surface area contributed by atoms with Gasteiger partial charge in [-0.25, -0.2) is 9.97 Å². The van der Waals surface area contributed by atoms with Gasteiger partial charge in [0.15, 0.2) is 6.61 Å². The highest BCUT2D eigenvalue weighted by molar-refractivity contribution is 5.80. The topological polar surface area (TPSA) is 58.6 Å². The van der Waals surface area contributed by atoms with E-state index in [2.05, 4.69) is 14.9 Å². The maximum atomic E-state index is 12.6. The van der Waals surface area contributed by atoms with Crippen molar-refractivity contribution in [2.24, 2.45) is 0 Å². The number of rotatable bonds is 4. The van der Waals surface area contributed by atoms with Crippen molar-refractivity contribution < 1.29 is 9.53 Å². The maximum Gasteiger partial charge on any atom is 0.261 e. The molecule has 6 nitrogen and oxygen atoms in total. The quantitative estimate of drug-likeness (QED) is 0.845. The third kappa shape index (κ3) is 3.23. The van der Waals surface area contributed by atoms with Crippen LogP contribution in [0.15, 0.2) is 30.3 Å². The molecule has 1 aromatic heterocycles.